The van der Waals surface area contributed by atoms with Crippen LogP contribution in [0, 0.1) is 11.7 Å². The fourth-order valence-electron chi connectivity index (χ4n) is 2.53. The van der Waals surface area contributed by atoms with Crippen molar-refractivity contribution in [3.8, 4) is 0 Å². The minimum Gasteiger partial charge on any atom is -0.394 e. The van der Waals surface area contributed by atoms with Gasteiger partial charge < -0.3 is 10.4 Å². The first-order valence-corrected chi connectivity index (χ1v) is 9.99. The molecule has 2 aromatic rings. The summed E-state index contributed by atoms with van der Waals surface area (Å²) < 4.78 is 40.0. The highest BCUT2D eigenvalue weighted by Crippen LogP contribution is 2.17. The van der Waals surface area contributed by atoms with E-state index in [0.29, 0.717) is 12.3 Å². The van der Waals surface area contributed by atoms with Gasteiger partial charge in [-0.1, -0.05) is 13.8 Å². The fraction of sp³-hybridized carbons (Fsp3) is 0.316. The number of hydrogen-bond acceptors (Lipinski definition) is 4. The quantitative estimate of drug-likeness (QED) is 0.642. The number of halogens is 1. The molecule has 8 heteroatoms. The number of sulfonamides is 1. The van der Waals surface area contributed by atoms with Crippen molar-refractivity contribution in [3.05, 3.63) is 59.9 Å². The lowest BCUT2D eigenvalue weighted by Gasteiger charge is -2.18. The summed E-state index contributed by atoms with van der Waals surface area (Å²) in [7, 11) is -3.86. The first-order chi connectivity index (χ1) is 12.7. The van der Waals surface area contributed by atoms with E-state index in [1.54, 1.807) is 0 Å². The van der Waals surface area contributed by atoms with Crippen LogP contribution >= 0.6 is 0 Å². The zero-order chi connectivity index (χ0) is 20.0. The largest absolute Gasteiger partial charge is 0.394 e. The number of nitrogens with one attached hydrogen (secondary N) is 2. The van der Waals surface area contributed by atoms with Crippen LogP contribution in [0.15, 0.2) is 53.4 Å². The summed E-state index contributed by atoms with van der Waals surface area (Å²) in [5.41, 5.74) is 0.524. The summed E-state index contributed by atoms with van der Waals surface area (Å²) in [5.74, 6) is -0.537. The van der Waals surface area contributed by atoms with E-state index in [0.717, 1.165) is 12.1 Å². The predicted octanol–water partition coefficient (Wildman–Crippen LogP) is 2.76. The van der Waals surface area contributed by atoms with Gasteiger partial charge in [0.1, 0.15) is 5.82 Å². The molecular weight excluding hydrogens is 371 g/mol. The number of carbonyl (C=O) groups is 1. The van der Waals surface area contributed by atoms with Crippen LogP contribution in [0.25, 0.3) is 0 Å². The molecule has 3 N–H and O–H groups in total. The SMILES string of the molecule is CC(C)C[C@H](CO)NC(=O)c1ccc(S(=O)(=O)Nc2ccc(F)cc2)cc1. The smallest absolute Gasteiger partial charge is 0.261 e. The number of hydrogen-bond donors (Lipinski definition) is 3. The van der Waals surface area contributed by atoms with Crippen LogP contribution in [0.4, 0.5) is 10.1 Å². The molecule has 6 nitrogen and oxygen atoms in total. The Balaban J connectivity index is 2.09. The Labute approximate surface area is 158 Å². The molecule has 0 saturated heterocycles. The Morgan fingerprint density at radius 3 is 2.19 bits per heavy atom. The maximum atomic E-state index is 12.9. The van der Waals surface area contributed by atoms with E-state index in [9.17, 15) is 22.7 Å². The van der Waals surface area contributed by atoms with E-state index in [1.165, 1.54) is 36.4 Å². The standard InChI is InChI=1S/C19H23FN2O4S/c1-13(2)11-17(12-23)21-19(24)14-3-9-18(10-4-14)27(25,26)22-16-7-5-15(20)6-8-16/h3-10,13,17,22-23H,11-12H2,1-2H3,(H,21,24)/t17-/m1/s1. The number of anilines is 1. The van der Waals surface area contributed by atoms with Gasteiger partial charge in [0.05, 0.1) is 17.5 Å². The second-order valence-corrected chi connectivity index (χ2v) is 8.30. The normalized spacial score (nSPS) is 12.6. The fourth-order valence-corrected chi connectivity index (χ4v) is 3.59. The maximum Gasteiger partial charge on any atom is 0.261 e. The van der Waals surface area contributed by atoms with Crippen molar-refractivity contribution in [2.45, 2.75) is 31.2 Å². The Morgan fingerprint density at radius 2 is 1.67 bits per heavy atom. The minimum absolute atomic E-state index is 0.0238. The molecule has 0 aromatic heterocycles. The molecule has 2 rings (SSSR count). The van der Waals surface area contributed by atoms with Crippen LogP contribution in [-0.2, 0) is 10.0 Å². The molecule has 146 valence electrons. The van der Waals surface area contributed by atoms with Crippen LogP contribution < -0.4 is 10.0 Å². The lowest BCUT2D eigenvalue weighted by molar-refractivity contribution is 0.0908. The molecule has 0 aliphatic heterocycles. The number of amides is 1. The molecule has 0 aliphatic rings. The van der Waals surface area contributed by atoms with E-state index in [-0.39, 0.29) is 34.7 Å². The minimum atomic E-state index is -3.86. The summed E-state index contributed by atoms with van der Waals surface area (Å²) in [4.78, 5) is 12.2. The number of rotatable bonds is 8. The van der Waals surface area contributed by atoms with Gasteiger partial charge in [0.15, 0.2) is 0 Å². The highest BCUT2D eigenvalue weighted by molar-refractivity contribution is 7.92. The van der Waals surface area contributed by atoms with Crippen molar-refractivity contribution in [2.24, 2.45) is 5.92 Å². The summed E-state index contributed by atoms with van der Waals surface area (Å²) in [6.07, 6.45) is 0.635. The lowest BCUT2D eigenvalue weighted by Crippen LogP contribution is -2.38. The van der Waals surface area contributed by atoms with Crippen LogP contribution in [0.3, 0.4) is 0 Å². The Morgan fingerprint density at radius 1 is 1.07 bits per heavy atom. The third-order valence-electron chi connectivity index (χ3n) is 3.83. The highest BCUT2D eigenvalue weighted by Gasteiger charge is 2.17. The average Bonchev–Trinajstić information content (AvgIpc) is 2.62. The van der Waals surface area contributed by atoms with Gasteiger partial charge in [-0.15, -0.1) is 0 Å². The number of benzene rings is 2. The third kappa shape index (κ3) is 6.04. The van der Waals surface area contributed by atoms with Crippen molar-refractivity contribution in [1.82, 2.24) is 5.32 Å². The predicted molar refractivity (Wildman–Crippen MR) is 101 cm³/mol. The van der Waals surface area contributed by atoms with Gasteiger partial charge in [0, 0.05) is 11.3 Å². The summed E-state index contributed by atoms with van der Waals surface area (Å²) >= 11 is 0. The van der Waals surface area contributed by atoms with Gasteiger partial charge in [0.2, 0.25) is 0 Å². The highest BCUT2D eigenvalue weighted by atomic mass is 32.2. The maximum absolute atomic E-state index is 12.9. The van der Waals surface area contributed by atoms with Crippen molar-refractivity contribution in [2.75, 3.05) is 11.3 Å². The van der Waals surface area contributed by atoms with Gasteiger partial charge in [-0.05, 0) is 60.9 Å². The molecule has 0 unspecified atom stereocenters. The van der Waals surface area contributed by atoms with E-state index in [2.05, 4.69) is 10.0 Å². The second kappa shape index (κ2) is 8.96. The van der Waals surface area contributed by atoms with Crippen molar-refractivity contribution < 1.29 is 22.7 Å². The molecule has 1 atom stereocenters. The van der Waals surface area contributed by atoms with Crippen molar-refractivity contribution in [1.29, 1.82) is 0 Å². The van der Waals surface area contributed by atoms with Gasteiger partial charge in [-0.25, -0.2) is 12.8 Å². The molecule has 0 heterocycles. The molecule has 2 aromatic carbocycles. The van der Waals surface area contributed by atoms with E-state index in [4.69, 9.17) is 0 Å². The first kappa shape index (κ1) is 20.9. The van der Waals surface area contributed by atoms with Crippen LogP contribution in [0.2, 0.25) is 0 Å². The third-order valence-corrected chi connectivity index (χ3v) is 5.23. The number of carbonyl (C=O) groups excluding carboxylic acids is 1. The summed E-state index contributed by atoms with van der Waals surface area (Å²) in [6, 6.07) is 10.0. The average molecular weight is 394 g/mol. The molecule has 0 fully saturated rings. The topological polar surface area (TPSA) is 95.5 Å². The van der Waals surface area contributed by atoms with Gasteiger partial charge in [-0.2, -0.15) is 0 Å². The van der Waals surface area contributed by atoms with Crippen LogP contribution in [0.5, 0.6) is 0 Å². The zero-order valence-corrected chi connectivity index (χ0v) is 16.0. The van der Waals surface area contributed by atoms with Crippen LogP contribution in [0.1, 0.15) is 30.6 Å². The Bertz CT molecular complexity index is 866. The van der Waals surface area contributed by atoms with Crippen molar-refractivity contribution >= 4 is 21.6 Å². The first-order valence-electron chi connectivity index (χ1n) is 8.51. The summed E-state index contributed by atoms with van der Waals surface area (Å²) in [6.45, 7) is 3.81. The van der Waals surface area contributed by atoms with E-state index >= 15 is 0 Å². The Hall–Kier alpha value is -2.45. The van der Waals surface area contributed by atoms with Crippen molar-refractivity contribution in [3.63, 3.8) is 0 Å². The molecule has 27 heavy (non-hydrogen) atoms. The molecule has 0 radical (unpaired) electrons. The number of aliphatic hydroxyl groups is 1. The van der Waals surface area contributed by atoms with Crippen LogP contribution in [-0.4, -0.2) is 32.1 Å². The van der Waals surface area contributed by atoms with E-state index < -0.39 is 15.8 Å². The molecule has 1 amide bonds. The summed E-state index contributed by atoms with van der Waals surface area (Å²) in [5, 5.41) is 12.1. The number of aliphatic hydroxyl groups excluding tert-OH is 1. The van der Waals surface area contributed by atoms with Gasteiger partial charge in [0.25, 0.3) is 15.9 Å². The van der Waals surface area contributed by atoms with Gasteiger partial charge in [-0.3, -0.25) is 9.52 Å². The second-order valence-electron chi connectivity index (χ2n) is 6.62. The molecule has 0 aliphatic carbocycles. The van der Waals surface area contributed by atoms with Gasteiger partial charge >= 0.3 is 0 Å². The molecule has 0 bridgehead atoms. The molecular formula is C19H23FN2O4S. The molecule has 0 spiro atoms. The van der Waals surface area contributed by atoms with E-state index in [1.807, 2.05) is 13.8 Å². The zero-order valence-electron chi connectivity index (χ0n) is 15.1. The Kier molecular flexibility index (Phi) is 6.92. The molecule has 0 saturated carbocycles. The lowest BCUT2D eigenvalue weighted by atomic mass is 10.0. The monoisotopic (exact) mass is 394 g/mol.